The van der Waals surface area contributed by atoms with E-state index in [1.54, 1.807) is 21.9 Å². The first-order valence-electron chi connectivity index (χ1n) is 10.4. The van der Waals surface area contributed by atoms with Crippen LogP contribution in [0.3, 0.4) is 0 Å². The molecule has 1 atom stereocenters. The van der Waals surface area contributed by atoms with E-state index >= 15 is 0 Å². The van der Waals surface area contributed by atoms with Gasteiger partial charge in [-0.25, -0.2) is 9.78 Å². The van der Waals surface area contributed by atoms with Gasteiger partial charge in [-0.2, -0.15) is 0 Å². The topological polar surface area (TPSA) is 78.5 Å². The molecule has 1 aromatic carbocycles. The maximum atomic E-state index is 13.2. The number of rotatable bonds is 4. The highest BCUT2D eigenvalue weighted by Crippen LogP contribution is 2.29. The summed E-state index contributed by atoms with van der Waals surface area (Å²) in [4.78, 5) is 36.5. The summed E-state index contributed by atoms with van der Waals surface area (Å²) in [6.07, 6.45) is 4.15. The lowest BCUT2D eigenvalue weighted by atomic mass is 10.1. The number of halogens is 1. The minimum absolute atomic E-state index is 0.0831. The summed E-state index contributed by atoms with van der Waals surface area (Å²) >= 11 is 6.47. The first kappa shape index (κ1) is 21.2. The first-order valence-corrected chi connectivity index (χ1v) is 10.8. The van der Waals surface area contributed by atoms with Gasteiger partial charge in [-0.15, -0.1) is 0 Å². The standard InChI is InChI=1S/C23H25ClN4O3/c1-3-10-31-23(30)28-9-8-27(14-15(28)2)22(29)16-4-5-18-19(24)12-20(26-21(18)11-16)17-6-7-25-13-17/h4-7,11-13,15,25H,3,8-10,14H2,1-2H3/t15-/m1/s1. The lowest BCUT2D eigenvalue weighted by Crippen LogP contribution is -2.55. The van der Waals surface area contributed by atoms with Crippen molar-refractivity contribution in [2.45, 2.75) is 26.3 Å². The first-order chi connectivity index (χ1) is 15.0. The number of nitrogens with zero attached hydrogens (tertiary/aromatic N) is 3. The maximum absolute atomic E-state index is 13.2. The molecule has 2 aromatic heterocycles. The van der Waals surface area contributed by atoms with Crippen molar-refractivity contribution in [1.82, 2.24) is 19.8 Å². The molecule has 0 bridgehead atoms. The van der Waals surface area contributed by atoms with Gasteiger partial charge >= 0.3 is 6.09 Å². The van der Waals surface area contributed by atoms with E-state index in [2.05, 4.69) is 4.98 Å². The monoisotopic (exact) mass is 440 g/mol. The van der Waals surface area contributed by atoms with Crippen LogP contribution in [0.4, 0.5) is 4.79 Å². The molecule has 1 aliphatic rings. The van der Waals surface area contributed by atoms with Crippen molar-refractivity contribution >= 4 is 34.5 Å². The molecule has 0 radical (unpaired) electrons. The van der Waals surface area contributed by atoms with Gasteiger partial charge in [0.05, 0.1) is 22.8 Å². The molecular weight excluding hydrogens is 416 g/mol. The van der Waals surface area contributed by atoms with Crippen molar-refractivity contribution in [3.8, 4) is 11.3 Å². The molecule has 2 amide bonds. The summed E-state index contributed by atoms with van der Waals surface area (Å²) in [6, 6.07) is 9.03. The molecule has 4 rings (SSSR count). The number of H-pyrrole nitrogens is 1. The quantitative estimate of drug-likeness (QED) is 0.644. The number of aromatic amines is 1. The van der Waals surface area contributed by atoms with E-state index in [1.807, 2.05) is 44.4 Å². The number of carbonyl (C=O) groups excluding carboxylic acids is 2. The molecular formula is C23H25ClN4O3. The average Bonchev–Trinajstić information content (AvgIpc) is 3.31. The predicted molar refractivity (Wildman–Crippen MR) is 120 cm³/mol. The fourth-order valence-corrected chi connectivity index (χ4v) is 4.08. The van der Waals surface area contributed by atoms with Crippen molar-refractivity contribution in [3.63, 3.8) is 0 Å². The fourth-order valence-electron chi connectivity index (χ4n) is 3.82. The number of benzene rings is 1. The summed E-state index contributed by atoms with van der Waals surface area (Å²) in [7, 11) is 0. The van der Waals surface area contributed by atoms with E-state index in [1.165, 1.54) is 0 Å². The van der Waals surface area contributed by atoms with Crippen LogP contribution >= 0.6 is 11.6 Å². The van der Waals surface area contributed by atoms with Crippen LogP contribution in [-0.2, 0) is 4.74 Å². The van der Waals surface area contributed by atoms with Crippen LogP contribution in [0.2, 0.25) is 5.02 Å². The number of piperazine rings is 1. The number of hydrogen-bond donors (Lipinski definition) is 1. The molecule has 1 fully saturated rings. The molecule has 7 nitrogen and oxygen atoms in total. The van der Waals surface area contributed by atoms with Crippen LogP contribution in [-0.4, -0.2) is 64.1 Å². The number of pyridine rings is 1. The molecule has 162 valence electrons. The number of hydrogen-bond acceptors (Lipinski definition) is 4. The van der Waals surface area contributed by atoms with Gasteiger partial charge in [-0.1, -0.05) is 24.6 Å². The Labute approximate surface area is 186 Å². The van der Waals surface area contributed by atoms with Crippen LogP contribution in [0.1, 0.15) is 30.6 Å². The highest BCUT2D eigenvalue weighted by Gasteiger charge is 2.31. The lowest BCUT2D eigenvalue weighted by Gasteiger charge is -2.39. The van der Waals surface area contributed by atoms with Crippen molar-refractivity contribution in [3.05, 3.63) is 53.3 Å². The second-order valence-electron chi connectivity index (χ2n) is 7.73. The minimum Gasteiger partial charge on any atom is -0.449 e. The maximum Gasteiger partial charge on any atom is 0.410 e. The van der Waals surface area contributed by atoms with E-state index in [-0.39, 0.29) is 18.0 Å². The Hall–Kier alpha value is -3.06. The van der Waals surface area contributed by atoms with E-state index in [0.29, 0.717) is 42.3 Å². The Bertz CT molecular complexity index is 1100. The van der Waals surface area contributed by atoms with Crippen LogP contribution in [0, 0.1) is 0 Å². The Morgan fingerprint density at radius 3 is 2.81 bits per heavy atom. The number of ether oxygens (including phenoxy) is 1. The van der Waals surface area contributed by atoms with Crippen molar-refractivity contribution < 1.29 is 14.3 Å². The van der Waals surface area contributed by atoms with Crippen LogP contribution in [0.5, 0.6) is 0 Å². The summed E-state index contributed by atoms with van der Waals surface area (Å²) in [5, 5.41) is 1.39. The highest BCUT2D eigenvalue weighted by atomic mass is 35.5. The third-order valence-electron chi connectivity index (χ3n) is 5.48. The van der Waals surface area contributed by atoms with Gasteiger partial charge in [-0.05, 0) is 37.6 Å². The van der Waals surface area contributed by atoms with Crippen LogP contribution in [0.15, 0.2) is 42.7 Å². The van der Waals surface area contributed by atoms with Gasteiger partial charge < -0.3 is 19.5 Å². The van der Waals surface area contributed by atoms with Crippen molar-refractivity contribution in [2.24, 2.45) is 0 Å². The molecule has 31 heavy (non-hydrogen) atoms. The Balaban J connectivity index is 1.53. The van der Waals surface area contributed by atoms with Gasteiger partial charge in [-0.3, -0.25) is 4.79 Å². The largest absolute Gasteiger partial charge is 0.449 e. The Kier molecular flexibility index (Phi) is 6.13. The number of aromatic nitrogens is 2. The highest BCUT2D eigenvalue weighted by molar-refractivity contribution is 6.35. The Morgan fingerprint density at radius 1 is 1.26 bits per heavy atom. The predicted octanol–water partition coefficient (Wildman–Crippen LogP) is 4.58. The molecule has 0 unspecified atom stereocenters. The normalized spacial score (nSPS) is 16.5. The van der Waals surface area contributed by atoms with Crippen molar-refractivity contribution in [2.75, 3.05) is 26.2 Å². The second-order valence-corrected chi connectivity index (χ2v) is 8.14. The SMILES string of the molecule is CCCOC(=O)N1CCN(C(=O)c2ccc3c(Cl)cc(-c4cc[nH]c4)nc3c2)C[C@H]1C. The number of amides is 2. The summed E-state index contributed by atoms with van der Waals surface area (Å²) in [5.74, 6) is -0.0831. The zero-order valence-corrected chi connectivity index (χ0v) is 18.4. The minimum atomic E-state index is -0.316. The second kappa shape index (κ2) is 8.98. The molecule has 0 aliphatic carbocycles. The van der Waals surface area contributed by atoms with Gasteiger partial charge in [0.2, 0.25) is 0 Å². The van der Waals surface area contributed by atoms with Crippen LogP contribution < -0.4 is 0 Å². The zero-order valence-electron chi connectivity index (χ0n) is 17.6. The summed E-state index contributed by atoms with van der Waals surface area (Å²) in [6.45, 7) is 5.65. The Morgan fingerprint density at radius 2 is 2.10 bits per heavy atom. The van der Waals surface area contributed by atoms with Gasteiger partial charge in [0.1, 0.15) is 0 Å². The molecule has 1 saturated heterocycles. The van der Waals surface area contributed by atoms with Crippen LogP contribution in [0.25, 0.3) is 22.2 Å². The third kappa shape index (κ3) is 4.37. The fraction of sp³-hybridized carbons (Fsp3) is 0.348. The summed E-state index contributed by atoms with van der Waals surface area (Å²) in [5.41, 5.74) is 2.90. The van der Waals surface area contributed by atoms with Gasteiger partial charge in [0, 0.05) is 54.6 Å². The smallest absolute Gasteiger partial charge is 0.410 e. The van der Waals surface area contributed by atoms with E-state index in [9.17, 15) is 9.59 Å². The summed E-state index contributed by atoms with van der Waals surface area (Å²) < 4.78 is 5.24. The molecule has 0 saturated carbocycles. The van der Waals surface area contributed by atoms with E-state index < -0.39 is 0 Å². The number of fused-ring (bicyclic) bond motifs is 1. The lowest BCUT2D eigenvalue weighted by molar-refractivity contribution is 0.0412. The zero-order chi connectivity index (χ0) is 22.0. The number of nitrogens with one attached hydrogen (secondary N) is 1. The molecule has 3 heterocycles. The average molecular weight is 441 g/mol. The van der Waals surface area contributed by atoms with E-state index in [4.69, 9.17) is 21.3 Å². The molecule has 3 aromatic rings. The van der Waals surface area contributed by atoms with Gasteiger partial charge in [0.25, 0.3) is 5.91 Å². The third-order valence-corrected chi connectivity index (χ3v) is 5.79. The molecule has 8 heteroatoms. The molecule has 0 spiro atoms. The number of carbonyl (C=O) groups is 2. The van der Waals surface area contributed by atoms with Gasteiger partial charge in [0.15, 0.2) is 0 Å². The van der Waals surface area contributed by atoms with E-state index in [0.717, 1.165) is 23.1 Å². The molecule has 1 aliphatic heterocycles. The van der Waals surface area contributed by atoms with Crippen molar-refractivity contribution in [1.29, 1.82) is 0 Å². The molecule has 1 N–H and O–H groups in total.